The Labute approximate surface area is 181 Å². The highest BCUT2D eigenvalue weighted by Gasteiger charge is 2.53. The van der Waals surface area contributed by atoms with Crippen LogP contribution in [0.4, 0.5) is 0 Å². The molecule has 2 rings (SSSR count). The highest BCUT2D eigenvalue weighted by molar-refractivity contribution is 7.85. The molecule has 0 saturated carbocycles. The zero-order valence-corrected chi connectivity index (χ0v) is 17.3. The monoisotopic (exact) mass is 491 g/mol. The van der Waals surface area contributed by atoms with Crippen LogP contribution in [0.1, 0.15) is 6.92 Å². The van der Waals surface area contributed by atoms with E-state index in [-0.39, 0.29) is 0 Å². The minimum absolute atomic E-state index is 0.730. The normalized spacial score (nSPS) is 40.6. The zero-order chi connectivity index (χ0) is 24.4. The maximum Gasteiger partial charge on any atom is 0.335 e. The highest BCUT2D eigenvalue weighted by Crippen LogP contribution is 2.30. The van der Waals surface area contributed by atoms with Gasteiger partial charge in [-0.05, 0) is 0 Å². The molecule has 0 aromatic carbocycles. The minimum atomic E-state index is -4.71. The maximum absolute atomic E-state index is 11.6. The van der Waals surface area contributed by atoms with Gasteiger partial charge in [-0.15, -0.1) is 0 Å². The molecule has 2 aliphatic rings. The molecule has 2 heterocycles. The average Bonchev–Trinajstić information content (AvgIpc) is 2.68. The molecule has 0 radical (unpaired) electrons. The summed E-state index contributed by atoms with van der Waals surface area (Å²) in [6, 6.07) is -1.54. The Morgan fingerprint density at radius 2 is 1.66 bits per heavy atom. The molecule has 2 saturated heterocycles. The van der Waals surface area contributed by atoms with Crippen LogP contribution >= 0.6 is 0 Å². The molecule has 2 fully saturated rings. The third kappa shape index (κ3) is 6.29. The molecule has 0 aliphatic carbocycles. The van der Waals surface area contributed by atoms with Crippen molar-refractivity contribution in [3.8, 4) is 0 Å². The smallest absolute Gasteiger partial charge is 0.335 e. The Bertz CT molecular complexity index is 777. The summed E-state index contributed by atoms with van der Waals surface area (Å²) in [4.78, 5) is 22.9. The molecule has 1 unspecified atom stereocenters. The molecule has 17 heteroatoms. The second-order valence-electron chi connectivity index (χ2n) is 7.14. The van der Waals surface area contributed by atoms with Gasteiger partial charge in [-0.3, -0.25) is 9.35 Å². The Morgan fingerprint density at radius 1 is 1.03 bits per heavy atom. The van der Waals surface area contributed by atoms with E-state index >= 15 is 0 Å². The summed E-state index contributed by atoms with van der Waals surface area (Å²) in [6.45, 7) is 0.176. The first-order chi connectivity index (χ1) is 14.8. The molecule has 1 amide bonds. The zero-order valence-electron chi connectivity index (χ0n) is 16.5. The molecule has 0 bridgehead atoms. The summed E-state index contributed by atoms with van der Waals surface area (Å²) in [5.74, 6) is -3.77. The third-order valence-corrected chi connectivity index (χ3v) is 5.16. The number of carbonyl (C=O) groups excluding carboxylic acids is 1. The van der Waals surface area contributed by atoms with Gasteiger partial charge in [0.15, 0.2) is 24.6 Å². The van der Waals surface area contributed by atoms with Crippen molar-refractivity contribution in [2.75, 3.05) is 12.5 Å². The number of aliphatic hydroxyl groups excluding tert-OH is 5. The predicted octanol–water partition coefficient (Wildman–Crippen LogP) is -5.29. The van der Waals surface area contributed by atoms with Crippen LogP contribution in [-0.2, 0) is 38.7 Å². The molecule has 32 heavy (non-hydrogen) atoms. The summed E-state index contributed by atoms with van der Waals surface area (Å²) >= 11 is 0. The molecular weight excluding hydrogens is 466 g/mol. The Kier molecular flexibility index (Phi) is 8.87. The Hall–Kier alpha value is -1.51. The molecule has 8 N–H and O–H groups in total. The van der Waals surface area contributed by atoms with Crippen LogP contribution in [0.3, 0.4) is 0 Å². The van der Waals surface area contributed by atoms with Gasteiger partial charge in [0.05, 0.1) is 6.61 Å². The van der Waals surface area contributed by atoms with Gasteiger partial charge in [0.2, 0.25) is 5.91 Å². The number of carboxylic acid groups (broad SMARTS) is 1. The van der Waals surface area contributed by atoms with Gasteiger partial charge in [0, 0.05) is 6.92 Å². The van der Waals surface area contributed by atoms with E-state index in [0.29, 0.717) is 0 Å². The quantitative estimate of drug-likeness (QED) is 0.147. The molecule has 16 nitrogen and oxygen atoms in total. The first-order valence-corrected chi connectivity index (χ1v) is 10.7. The van der Waals surface area contributed by atoms with Crippen molar-refractivity contribution in [1.29, 1.82) is 0 Å². The highest BCUT2D eigenvalue weighted by atomic mass is 32.2. The molecule has 10 atom stereocenters. The minimum Gasteiger partial charge on any atom is -0.479 e. The Morgan fingerprint density at radius 3 is 2.16 bits per heavy atom. The fourth-order valence-corrected chi connectivity index (χ4v) is 3.63. The molecule has 2 aliphatic heterocycles. The summed E-state index contributed by atoms with van der Waals surface area (Å²) in [6.07, 6.45) is -16.8. The number of nitrogens with one attached hydrogen (secondary N) is 1. The first-order valence-electron chi connectivity index (χ1n) is 9.13. The second kappa shape index (κ2) is 10.6. The van der Waals surface area contributed by atoms with E-state index in [1.165, 1.54) is 0 Å². The molecular formula is C15H25NO15S. The lowest BCUT2D eigenvalue weighted by Gasteiger charge is -2.47. The van der Waals surface area contributed by atoms with Crippen LogP contribution in [0.2, 0.25) is 0 Å². The SMILES string of the molecule is CC(=O)N[C@H]1C(O)O[C@H](CO)[C@H](OCS(=O)(=O)O)[C@@H]1O[C@@H]1O[C@H](C(=O)O)[C@H](O)[C@H](O)[C@H]1O. The fourth-order valence-electron chi connectivity index (χ4n) is 3.30. The van der Waals surface area contributed by atoms with Crippen molar-refractivity contribution < 1.29 is 72.1 Å². The first kappa shape index (κ1) is 26.7. The number of carboxylic acids is 1. The maximum atomic E-state index is 11.6. The van der Waals surface area contributed by atoms with E-state index in [1.807, 2.05) is 0 Å². The number of hydrogen-bond acceptors (Lipinski definition) is 13. The van der Waals surface area contributed by atoms with Crippen LogP contribution in [0.25, 0.3) is 0 Å². The topological polar surface area (TPSA) is 259 Å². The second-order valence-corrected chi connectivity index (χ2v) is 8.54. The lowest BCUT2D eigenvalue weighted by Crippen LogP contribution is -2.68. The van der Waals surface area contributed by atoms with Gasteiger partial charge in [-0.25, -0.2) is 4.79 Å². The fraction of sp³-hybridized carbons (Fsp3) is 0.867. The van der Waals surface area contributed by atoms with E-state index < -0.39 is 95.9 Å². The van der Waals surface area contributed by atoms with E-state index in [0.717, 1.165) is 6.92 Å². The molecule has 186 valence electrons. The predicted molar refractivity (Wildman–Crippen MR) is 96.0 cm³/mol. The van der Waals surface area contributed by atoms with E-state index in [2.05, 4.69) is 5.32 Å². The van der Waals surface area contributed by atoms with Crippen LogP contribution in [0, 0.1) is 0 Å². The summed E-state index contributed by atoms with van der Waals surface area (Å²) < 4.78 is 51.8. The molecule has 0 aromatic rings. The van der Waals surface area contributed by atoms with E-state index in [1.54, 1.807) is 0 Å². The third-order valence-electron chi connectivity index (χ3n) is 4.73. The van der Waals surface area contributed by atoms with E-state index in [9.17, 15) is 43.5 Å². The van der Waals surface area contributed by atoms with Crippen molar-refractivity contribution in [2.24, 2.45) is 0 Å². The van der Waals surface area contributed by atoms with Crippen LogP contribution < -0.4 is 5.32 Å². The largest absolute Gasteiger partial charge is 0.479 e. The number of aliphatic hydroxyl groups is 5. The van der Waals surface area contributed by atoms with Gasteiger partial charge in [-0.2, -0.15) is 8.42 Å². The van der Waals surface area contributed by atoms with Gasteiger partial charge >= 0.3 is 5.97 Å². The number of rotatable bonds is 8. The van der Waals surface area contributed by atoms with Gasteiger partial charge in [0.1, 0.15) is 42.7 Å². The number of hydrogen-bond donors (Lipinski definition) is 8. The molecule has 0 spiro atoms. The van der Waals surface area contributed by atoms with E-state index in [4.69, 9.17) is 28.6 Å². The average molecular weight is 491 g/mol. The van der Waals surface area contributed by atoms with Crippen LogP contribution in [0.5, 0.6) is 0 Å². The lowest BCUT2D eigenvalue weighted by molar-refractivity contribution is -0.339. The number of carbonyl (C=O) groups is 2. The summed E-state index contributed by atoms with van der Waals surface area (Å²) in [5.41, 5.74) is 0. The summed E-state index contributed by atoms with van der Waals surface area (Å²) in [5, 5.41) is 61.1. The van der Waals surface area contributed by atoms with Crippen molar-refractivity contribution >= 4 is 22.0 Å². The van der Waals surface area contributed by atoms with Crippen molar-refractivity contribution in [1.82, 2.24) is 5.32 Å². The number of amides is 1. The number of ether oxygens (including phenoxy) is 4. The van der Waals surface area contributed by atoms with Gasteiger partial charge in [0.25, 0.3) is 10.1 Å². The van der Waals surface area contributed by atoms with Crippen molar-refractivity contribution in [3.63, 3.8) is 0 Å². The van der Waals surface area contributed by atoms with Crippen LogP contribution in [0.15, 0.2) is 0 Å². The van der Waals surface area contributed by atoms with Crippen molar-refractivity contribution in [2.45, 2.75) is 68.3 Å². The molecule has 0 aromatic heterocycles. The Balaban J connectivity index is 2.39. The van der Waals surface area contributed by atoms with Gasteiger partial charge in [-0.1, -0.05) is 0 Å². The number of aliphatic carboxylic acids is 1. The van der Waals surface area contributed by atoms with Crippen LogP contribution in [-0.4, -0.2) is 129 Å². The lowest BCUT2D eigenvalue weighted by atomic mass is 9.95. The summed E-state index contributed by atoms with van der Waals surface area (Å²) in [7, 11) is -4.71. The van der Waals surface area contributed by atoms with Gasteiger partial charge < -0.3 is 54.9 Å². The standard InChI is InChI=1S/C15H25NO15S/c1-4(18)16-6-11(10(28-3-32(25,26)27)5(2-17)29-14(6)24)30-15-9(21)7(19)8(20)12(31-15)13(22)23/h5-12,14-15,17,19-21,24H,2-3H2,1H3,(H,16,18)(H,22,23)(H,25,26,27)/t5-,6-,7+,8-,9-,10+,11-,12+,14?,15-/m1/s1. The van der Waals surface area contributed by atoms with Crippen molar-refractivity contribution in [3.05, 3.63) is 0 Å².